The van der Waals surface area contributed by atoms with Crippen molar-refractivity contribution < 1.29 is 22.7 Å². The van der Waals surface area contributed by atoms with Crippen LogP contribution in [0.4, 0.5) is 0 Å². The molecule has 1 saturated heterocycles. The van der Waals surface area contributed by atoms with E-state index in [4.69, 9.17) is 32.7 Å². The maximum absolute atomic E-state index is 13.2. The highest BCUT2D eigenvalue weighted by molar-refractivity contribution is 7.89. The first-order valence-corrected chi connectivity index (χ1v) is 12.1. The number of nitrogens with zero attached hydrogens (tertiary/aromatic N) is 1. The van der Waals surface area contributed by atoms with E-state index in [2.05, 4.69) is 0 Å². The molecule has 1 spiro atoms. The Morgan fingerprint density at radius 3 is 2.45 bits per heavy atom. The number of sulfonamides is 1. The van der Waals surface area contributed by atoms with E-state index in [-0.39, 0.29) is 35.9 Å². The number of methoxy groups -OCH3 is 1. The molecule has 0 N–H and O–H groups in total. The second kappa shape index (κ2) is 7.96. The third-order valence-corrected chi connectivity index (χ3v) is 8.85. The summed E-state index contributed by atoms with van der Waals surface area (Å²) in [6.45, 7) is 4.15. The van der Waals surface area contributed by atoms with E-state index in [0.717, 1.165) is 11.1 Å². The molecule has 2 aromatic rings. The second-order valence-electron chi connectivity index (χ2n) is 8.09. The SMILES string of the molecule is COc1ccc(Cl)cc1S(=O)(=O)N1CCC2(CC1)CC(=O)c1c(cc(C)c(Cl)c1C)O2. The largest absolute Gasteiger partial charge is 0.495 e. The summed E-state index contributed by atoms with van der Waals surface area (Å²) in [5.74, 6) is 0.752. The predicted molar refractivity (Wildman–Crippen MR) is 119 cm³/mol. The second-order valence-corrected chi connectivity index (χ2v) is 10.8. The molecule has 0 aliphatic carbocycles. The first kappa shape index (κ1) is 22.4. The van der Waals surface area contributed by atoms with Crippen molar-refractivity contribution in [2.75, 3.05) is 20.2 Å². The van der Waals surface area contributed by atoms with Gasteiger partial charge in [0.2, 0.25) is 10.0 Å². The molecule has 0 amide bonds. The Bertz CT molecular complexity index is 1170. The molecule has 2 heterocycles. The van der Waals surface area contributed by atoms with E-state index in [1.54, 1.807) is 12.1 Å². The van der Waals surface area contributed by atoms with Gasteiger partial charge in [-0.3, -0.25) is 4.79 Å². The Labute approximate surface area is 192 Å². The standard InChI is InChI=1S/C22H23Cl2NO5S/c1-13-10-18-20(14(2)21(13)24)16(26)12-22(30-18)6-8-25(9-7-22)31(27,28)19-11-15(23)4-5-17(19)29-3/h4-5,10-11H,6-9,12H2,1-3H3. The number of benzene rings is 2. The molecule has 2 aliphatic heterocycles. The quantitative estimate of drug-likeness (QED) is 0.626. The topological polar surface area (TPSA) is 72.9 Å². The molecule has 0 radical (unpaired) electrons. The summed E-state index contributed by atoms with van der Waals surface area (Å²) < 4.78 is 39.4. The van der Waals surface area contributed by atoms with Crippen molar-refractivity contribution in [1.82, 2.24) is 4.31 Å². The Morgan fingerprint density at radius 1 is 1.13 bits per heavy atom. The average Bonchev–Trinajstić information content (AvgIpc) is 2.72. The number of hydrogen-bond acceptors (Lipinski definition) is 5. The van der Waals surface area contributed by atoms with Crippen molar-refractivity contribution in [2.45, 2.75) is 43.6 Å². The molecule has 9 heteroatoms. The Morgan fingerprint density at radius 2 is 1.81 bits per heavy atom. The third-order valence-electron chi connectivity index (χ3n) is 6.11. The number of ether oxygens (including phenoxy) is 2. The van der Waals surface area contributed by atoms with Gasteiger partial charge in [-0.15, -0.1) is 0 Å². The van der Waals surface area contributed by atoms with Crippen molar-refractivity contribution in [2.24, 2.45) is 0 Å². The molecule has 166 valence electrons. The number of Topliss-reactive ketones (excluding diaryl/α,β-unsaturated/α-hetero) is 1. The maximum atomic E-state index is 13.2. The van der Waals surface area contributed by atoms with Crippen molar-refractivity contribution in [3.63, 3.8) is 0 Å². The van der Waals surface area contributed by atoms with Crippen LogP contribution in [0.25, 0.3) is 0 Å². The number of ketones is 1. The highest BCUT2D eigenvalue weighted by atomic mass is 35.5. The lowest BCUT2D eigenvalue weighted by Crippen LogP contribution is -2.52. The van der Waals surface area contributed by atoms with Gasteiger partial charge in [-0.25, -0.2) is 8.42 Å². The smallest absolute Gasteiger partial charge is 0.246 e. The Balaban J connectivity index is 1.59. The zero-order chi connectivity index (χ0) is 22.6. The van der Waals surface area contributed by atoms with E-state index in [1.807, 2.05) is 13.8 Å². The lowest BCUT2D eigenvalue weighted by Gasteiger charge is -2.44. The number of fused-ring (bicyclic) bond motifs is 1. The van der Waals surface area contributed by atoms with Gasteiger partial charge in [0.05, 0.1) is 19.1 Å². The summed E-state index contributed by atoms with van der Waals surface area (Å²) in [6, 6.07) is 6.31. The molecule has 0 bridgehead atoms. The monoisotopic (exact) mass is 483 g/mol. The fraction of sp³-hybridized carbons (Fsp3) is 0.409. The third kappa shape index (κ3) is 3.82. The summed E-state index contributed by atoms with van der Waals surface area (Å²) in [7, 11) is -2.39. The molecular weight excluding hydrogens is 461 g/mol. The molecule has 2 aliphatic rings. The summed E-state index contributed by atoms with van der Waals surface area (Å²) in [5, 5.41) is 0.887. The van der Waals surface area contributed by atoms with E-state index in [1.165, 1.54) is 23.5 Å². The summed E-state index contributed by atoms with van der Waals surface area (Å²) in [4.78, 5) is 13.0. The van der Waals surface area contributed by atoms with Gasteiger partial charge in [-0.05, 0) is 49.2 Å². The number of piperidine rings is 1. The minimum atomic E-state index is -3.81. The fourth-order valence-corrected chi connectivity index (χ4v) is 6.41. The van der Waals surface area contributed by atoms with Crippen LogP contribution in [-0.2, 0) is 10.0 Å². The molecule has 0 unspecified atom stereocenters. The van der Waals surface area contributed by atoms with Gasteiger partial charge in [0, 0.05) is 36.0 Å². The van der Waals surface area contributed by atoms with Crippen LogP contribution in [0.2, 0.25) is 10.0 Å². The molecule has 0 aromatic heterocycles. The zero-order valence-corrected chi connectivity index (χ0v) is 19.8. The van der Waals surface area contributed by atoms with Gasteiger partial charge in [-0.2, -0.15) is 4.31 Å². The van der Waals surface area contributed by atoms with Crippen LogP contribution in [0.3, 0.4) is 0 Å². The molecule has 31 heavy (non-hydrogen) atoms. The minimum absolute atomic E-state index is 0.0199. The predicted octanol–water partition coefficient (Wildman–Crippen LogP) is 4.81. The highest BCUT2D eigenvalue weighted by Gasteiger charge is 2.46. The summed E-state index contributed by atoms with van der Waals surface area (Å²) >= 11 is 12.4. The molecule has 0 saturated carbocycles. The van der Waals surface area contributed by atoms with Gasteiger partial charge >= 0.3 is 0 Å². The van der Waals surface area contributed by atoms with Crippen LogP contribution in [0.15, 0.2) is 29.2 Å². The lowest BCUT2D eigenvalue weighted by atomic mass is 9.82. The molecule has 0 atom stereocenters. The van der Waals surface area contributed by atoms with Gasteiger partial charge in [0.15, 0.2) is 5.78 Å². The highest BCUT2D eigenvalue weighted by Crippen LogP contribution is 2.44. The molecule has 4 rings (SSSR count). The lowest BCUT2D eigenvalue weighted by molar-refractivity contribution is 0.00577. The van der Waals surface area contributed by atoms with Crippen LogP contribution < -0.4 is 9.47 Å². The molecular formula is C22H23Cl2NO5S. The number of halogens is 2. The van der Waals surface area contributed by atoms with Crippen LogP contribution in [0.5, 0.6) is 11.5 Å². The zero-order valence-electron chi connectivity index (χ0n) is 17.5. The van der Waals surface area contributed by atoms with E-state index in [9.17, 15) is 13.2 Å². The van der Waals surface area contributed by atoms with Gasteiger partial charge < -0.3 is 9.47 Å². The van der Waals surface area contributed by atoms with E-state index >= 15 is 0 Å². The van der Waals surface area contributed by atoms with Gasteiger partial charge in [-0.1, -0.05) is 23.2 Å². The van der Waals surface area contributed by atoms with Crippen molar-refractivity contribution in [3.8, 4) is 11.5 Å². The number of hydrogen-bond donors (Lipinski definition) is 0. The van der Waals surface area contributed by atoms with Crippen LogP contribution in [0, 0.1) is 13.8 Å². The number of aryl methyl sites for hydroxylation is 1. The molecule has 6 nitrogen and oxygen atoms in total. The average molecular weight is 484 g/mol. The van der Waals surface area contributed by atoms with Crippen LogP contribution in [0.1, 0.15) is 40.7 Å². The minimum Gasteiger partial charge on any atom is -0.495 e. The number of carbonyl (C=O) groups excluding carboxylic acids is 1. The van der Waals surface area contributed by atoms with Crippen molar-refractivity contribution in [1.29, 1.82) is 0 Å². The summed E-state index contributed by atoms with van der Waals surface area (Å²) in [6.07, 6.45) is 1.01. The number of carbonyl (C=O) groups is 1. The first-order valence-electron chi connectivity index (χ1n) is 9.93. The molecule has 1 fully saturated rings. The summed E-state index contributed by atoms with van der Waals surface area (Å²) in [5.41, 5.74) is 1.38. The Kier molecular flexibility index (Phi) is 5.75. The van der Waals surface area contributed by atoms with Gasteiger partial charge in [0.25, 0.3) is 0 Å². The molecule has 2 aromatic carbocycles. The number of rotatable bonds is 3. The van der Waals surface area contributed by atoms with E-state index in [0.29, 0.717) is 34.2 Å². The van der Waals surface area contributed by atoms with E-state index < -0.39 is 15.6 Å². The van der Waals surface area contributed by atoms with Crippen molar-refractivity contribution >= 4 is 39.0 Å². The first-order chi connectivity index (χ1) is 14.6. The van der Waals surface area contributed by atoms with Crippen LogP contribution >= 0.6 is 23.2 Å². The Hall–Kier alpha value is -1.80. The fourth-order valence-electron chi connectivity index (χ4n) is 4.40. The van der Waals surface area contributed by atoms with Crippen molar-refractivity contribution in [3.05, 3.63) is 51.0 Å². The van der Waals surface area contributed by atoms with Crippen LogP contribution in [-0.4, -0.2) is 44.3 Å². The maximum Gasteiger partial charge on any atom is 0.246 e. The normalized spacial score (nSPS) is 18.5. The van der Waals surface area contributed by atoms with Gasteiger partial charge in [0.1, 0.15) is 22.0 Å².